The van der Waals surface area contributed by atoms with Crippen molar-refractivity contribution in [3.05, 3.63) is 35.4 Å². The molecule has 0 radical (unpaired) electrons. The van der Waals surface area contributed by atoms with E-state index in [2.05, 4.69) is 69.2 Å². The maximum Gasteiger partial charge on any atom is 0.0481 e. The summed E-state index contributed by atoms with van der Waals surface area (Å²) in [7, 11) is 2.30. The molecule has 0 heterocycles. The molecule has 0 saturated heterocycles. The van der Waals surface area contributed by atoms with Gasteiger partial charge in [-0.15, -0.1) is 0 Å². The molecular formula is C19H32N2. The molecule has 1 aliphatic rings. The van der Waals surface area contributed by atoms with E-state index in [0.29, 0.717) is 23.9 Å². The minimum absolute atomic E-state index is 0.473. The molecule has 3 atom stereocenters. The molecule has 2 rings (SSSR count). The average Bonchev–Trinajstić information content (AvgIpc) is 2.45. The number of nitrogens with zero attached hydrogens (tertiary/aromatic N) is 1. The maximum atomic E-state index is 3.81. The monoisotopic (exact) mass is 288 g/mol. The van der Waals surface area contributed by atoms with Crippen molar-refractivity contribution in [3.63, 3.8) is 0 Å². The summed E-state index contributed by atoms with van der Waals surface area (Å²) in [6.45, 7) is 11.5. The SMILES string of the molecule is CCCNC1c2ccccc2C(C)CC1N(C)CC(C)C. The van der Waals surface area contributed by atoms with Gasteiger partial charge in [0.05, 0.1) is 0 Å². The minimum Gasteiger partial charge on any atom is -0.309 e. The lowest BCUT2D eigenvalue weighted by molar-refractivity contribution is 0.149. The van der Waals surface area contributed by atoms with E-state index >= 15 is 0 Å². The van der Waals surface area contributed by atoms with E-state index in [0.717, 1.165) is 6.54 Å². The highest BCUT2D eigenvalue weighted by Crippen LogP contribution is 2.39. The van der Waals surface area contributed by atoms with Crippen molar-refractivity contribution in [2.24, 2.45) is 5.92 Å². The molecule has 1 aliphatic carbocycles. The van der Waals surface area contributed by atoms with Gasteiger partial charge in [-0.25, -0.2) is 0 Å². The molecule has 2 heteroatoms. The highest BCUT2D eigenvalue weighted by Gasteiger charge is 2.34. The Hall–Kier alpha value is -0.860. The number of rotatable bonds is 6. The molecule has 21 heavy (non-hydrogen) atoms. The topological polar surface area (TPSA) is 15.3 Å². The van der Waals surface area contributed by atoms with Crippen LogP contribution >= 0.6 is 0 Å². The van der Waals surface area contributed by atoms with E-state index in [-0.39, 0.29) is 0 Å². The van der Waals surface area contributed by atoms with Gasteiger partial charge in [-0.2, -0.15) is 0 Å². The molecule has 1 aromatic rings. The first-order valence-corrected chi connectivity index (χ1v) is 8.57. The molecule has 0 amide bonds. The highest BCUT2D eigenvalue weighted by atomic mass is 15.2. The average molecular weight is 288 g/mol. The van der Waals surface area contributed by atoms with Gasteiger partial charge >= 0.3 is 0 Å². The first kappa shape index (κ1) is 16.5. The molecule has 0 bridgehead atoms. The van der Waals surface area contributed by atoms with Crippen molar-refractivity contribution in [3.8, 4) is 0 Å². The Labute approximate surface area is 130 Å². The van der Waals surface area contributed by atoms with E-state index < -0.39 is 0 Å². The summed E-state index contributed by atoms with van der Waals surface area (Å²) in [4.78, 5) is 2.57. The first-order chi connectivity index (χ1) is 10.0. The largest absolute Gasteiger partial charge is 0.309 e. The summed E-state index contributed by atoms with van der Waals surface area (Å²) < 4.78 is 0. The molecular weight excluding hydrogens is 256 g/mol. The second-order valence-corrected chi connectivity index (χ2v) is 7.10. The van der Waals surface area contributed by atoms with Crippen LogP contribution in [0.3, 0.4) is 0 Å². The summed E-state index contributed by atoms with van der Waals surface area (Å²) in [5.41, 5.74) is 3.06. The van der Waals surface area contributed by atoms with Gasteiger partial charge in [-0.3, -0.25) is 0 Å². The molecule has 1 aromatic carbocycles. The third-order valence-corrected chi connectivity index (χ3v) is 4.68. The van der Waals surface area contributed by atoms with Crippen LogP contribution < -0.4 is 5.32 Å². The molecule has 0 fully saturated rings. The van der Waals surface area contributed by atoms with Crippen LogP contribution in [0.1, 0.15) is 63.6 Å². The Bertz CT molecular complexity index is 441. The molecule has 2 nitrogen and oxygen atoms in total. The molecule has 118 valence electrons. The minimum atomic E-state index is 0.473. The second kappa shape index (κ2) is 7.42. The van der Waals surface area contributed by atoms with Gasteiger partial charge in [0.25, 0.3) is 0 Å². The molecule has 1 N–H and O–H groups in total. The molecule has 3 unspecified atom stereocenters. The van der Waals surface area contributed by atoms with Crippen LogP contribution in [0, 0.1) is 5.92 Å². The van der Waals surface area contributed by atoms with Crippen LogP contribution in [0.15, 0.2) is 24.3 Å². The standard InChI is InChI=1S/C19H32N2/c1-6-11-20-19-17-10-8-7-9-16(17)15(4)12-18(19)21(5)13-14(2)3/h7-10,14-15,18-20H,6,11-13H2,1-5H3. The van der Waals surface area contributed by atoms with Crippen LogP contribution in [-0.4, -0.2) is 31.1 Å². The number of fused-ring (bicyclic) bond motifs is 1. The fourth-order valence-electron chi connectivity index (χ4n) is 3.77. The second-order valence-electron chi connectivity index (χ2n) is 7.10. The van der Waals surface area contributed by atoms with Gasteiger partial charge in [-0.1, -0.05) is 52.0 Å². The quantitative estimate of drug-likeness (QED) is 0.844. The predicted octanol–water partition coefficient (Wildman–Crippen LogP) is 4.19. The van der Waals surface area contributed by atoms with Crippen molar-refractivity contribution < 1.29 is 0 Å². The molecule has 0 aliphatic heterocycles. The fourth-order valence-corrected chi connectivity index (χ4v) is 3.77. The van der Waals surface area contributed by atoms with Gasteiger partial charge in [0.15, 0.2) is 0 Å². The van der Waals surface area contributed by atoms with Crippen LogP contribution in [0.25, 0.3) is 0 Å². The summed E-state index contributed by atoms with van der Waals surface area (Å²) in [5, 5.41) is 3.81. The van der Waals surface area contributed by atoms with Crippen molar-refractivity contribution in [2.45, 2.75) is 58.5 Å². The number of hydrogen-bond donors (Lipinski definition) is 1. The maximum absolute atomic E-state index is 3.81. The number of nitrogens with one attached hydrogen (secondary N) is 1. The Kier molecular flexibility index (Phi) is 5.83. The zero-order valence-corrected chi connectivity index (χ0v) is 14.4. The zero-order chi connectivity index (χ0) is 15.4. The smallest absolute Gasteiger partial charge is 0.0481 e. The Morgan fingerprint density at radius 3 is 2.52 bits per heavy atom. The van der Waals surface area contributed by atoms with Crippen molar-refractivity contribution in [1.82, 2.24) is 10.2 Å². The van der Waals surface area contributed by atoms with Crippen LogP contribution in [0.2, 0.25) is 0 Å². The van der Waals surface area contributed by atoms with Crippen LogP contribution in [-0.2, 0) is 0 Å². The van der Waals surface area contributed by atoms with Crippen LogP contribution in [0.5, 0.6) is 0 Å². The number of hydrogen-bond acceptors (Lipinski definition) is 2. The van der Waals surface area contributed by atoms with Gasteiger partial charge in [0.2, 0.25) is 0 Å². The highest BCUT2D eigenvalue weighted by molar-refractivity contribution is 5.36. The fraction of sp³-hybridized carbons (Fsp3) is 0.684. The Morgan fingerprint density at radius 2 is 1.90 bits per heavy atom. The number of likely N-dealkylation sites (N-methyl/N-ethyl adjacent to an activating group) is 1. The molecule has 0 aromatic heterocycles. The van der Waals surface area contributed by atoms with Crippen molar-refractivity contribution >= 4 is 0 Å². The summed E-state index contributed by atoms with van der Waals surface area (Å²) >= 11 is 0. The lowest BCUT2D eigenvalue weighted by atomic mass is 9.77. The van der Waals surface area contributed by atoms with Crippen LogP contribution in [0.4, 0.5) is 0 Å². The zero-order valence-electron chi connectivity index (χ0n) is 14.4. The van der Waals surface area contributed by atoms with Gasteiger partial charge < -0.3 is 10.2 Å². The third kappa shape index (κ3) is 3.87. The van der Waals surface area contributed by atoms with E-state index in [4.69, 9.17) is 0 Å². The lowest BCUT2D eigenvalue weighted by Gasteiger charge is -2.42. The van der Waals surface area contributed by atoms with E-state index in [1.165, 1.54) is 24.9 Å². The predicted molar refractivity (Wildman–Crippen MR) is 91.8 cm³/mol. The number of benzene rings is 1. The lowest BCUT2D eigenvalue weighted by Crippen LogP contribution is -2.47. The van der Waals surface area contributed by atoms with Gasteiger partial charge in [0, 0.05) is 18.6 Å². The first-order valence-electron chi connectivity index (χ1n) is 8.57. The van der Waals surface area contributed by atoms with E-state index in [1.54, 1.807) is 5.56 Å². The molecule has 0 saturated carbocycles. The third-order valence-electron chi connectivity index (χ3n) is 4.68. The van der Waals surface area contributed by atoms with E-state index in [9.17, 15) is 0 Å². The Morgan fingerprint density at radius 1 is 1.24 bits per heavy atom. The van der Waals surface area contributed by atoms with Crippen molar-refractivity contribution in [1.29, 1.82) is 0 Å². The van der Waals surface area contributed by atoms with Gasteiger partial charge in [0.1, 0.15) is 0 Å². The summed E-state index contributed by atoms with van der Waals surface area (Å²) in [5.74, 6) is 1.37. The Balaban J connectivity index is 2.27. The van der Waals surface area contributed by atoms with E-state index in [1.807, 2.05) is 0 Å². The summed E-state index contributed by atoms with van der Waals surface area (Å²) in [6, 6.07) is 10.1. The summed E-state index contributed by atoms with van der Waals surface area (Å²) in [6.07, 6.45) is 2.44. The molecule has 0 spiro atoms. The van der Waals surface area contributed by atoms with Gasteiger partial charge in [-0.05, 0) is 49.4 Å². The normalized spacial score (nSPS) is 25.4. The van der Waals surface area contributed by atoms with Crippen molar-refractivity contribution in [2.75, 3.05) is 20.1 Å².